The van der Waals surface area contributed by atoms with Gasteiger partial charge in [-0.25, -0.2) is 8.42 Å². The highest BCUT2D eigenvalue weighted by Gasteiger charge is 2.24. The van der Waals surface area contributed by atoms with Crippen LogP contribution in [0.4, 0.5) is 0 Å². The van der Waals surface area contributed by atoms with E-state index in [4.69, 9.17) is 4.74 Å². The Bertz CT molecular complexity index is 836. The lowest BCUT2D eigenvalue weighted by Gasteiger charge is -2.27. The topological polar surface area (TPSA) is 75.7 Å². The Labute approximate surface area is 161 Å². The number of sulfonamides is 1. The van der Waals surface area contributed by atoms with Gasteiger partial charge >= 0.3 is 0 Å². The number of amides is 1. The molecule has 0 bridgehead atoms. The molecular formula is C20H26N2O4S. The Morgan fingerprint density at radius 2 is 1.74 bits per heavy atom. The average Bonchev–Trinajstić information content (AvgIpc) is 2.66. The Morgan fingerprint density at radius 1 is 1.11 bits per heavy atom. The smallest absolute Gasteiger partial charge is 0.221 e. The first-order chi connectivity index (χ1) is 12.8. The van der Waals surface area contributed by atoms with Crippen LogP contribution in [0.15, 0.2) is 54.6 Å². The minimum atomic E-state index is -3.44. The molecular weight excluding hydrogens is 364 g/mol. The van der Waals surface area contributed by atoms with E-state index in [1.165, 1.54) is 10.6 Å². The van der Waals surface area contributed by atoms with Crippen molar-refractivity contribution in [3.8, 4) is 5.75 Å². The molecule has 1 unspecified atom stereocenters. The van der Waals surface area contributed by atoms with Gasteiger partial charge in [-0.2, -0.15) is 4.31 Å². The van der Waals surface area contributed by atoms with Crippen LogP contribution in [0.2, 0.25) is 0 Å². The predicted octanol–water partition coefficient (Wildman–Crippen LogP) is 2.72. The van der Waals surface area contributed by atoms with Crippen LogP contribution in [0.1, 0.15) is 30.5 Å². The fourth-order valence-corrected chi connectivity index (χ4v) is 3.91. The number of carbonyl (C=O) groups is 1. The van der Waals surface area contributed by atoms with Crippen LogP contribution < -0.4 is 10.1 Å². The van der Waals surface area contributed by atoms with E-state index in [1.807, 2.05) is 61.5 Å². The zero-order valence-electron chi connectivity index (χ0n) is 15.9. The van der Waals surface area contributed by atoms with E-state index in [2.05, 4.69) is 5.32 Å². The van der Waals surface area contributed by atoms with Gasteiger partial charge in [-0.05, 0) is 30.2 Å². The molecule has 1 N–H and O–H groups in total. The number of benzene rings is 2. The minimum absolute atomic E-state index is 0.0976. The summed E-state index contributed by atoms with van der Waals surface area (Å²) in [6, 6.07) is 16.5. The van der Waals surface area contributed by atoms with E-state index in [9.17, 15) is 13.2 Å². The third-order valence-corrected chi connectivity index (χ3v) is 5.70. The molecule has 0 radical (unpaired) electrons. The normalized spacial score (nSPS) is 12.6. The largest absolute Gasteiger partial charge is 0.497 e. The van der Waals surface area contributed by atoms with Gasteiger partial charge in [0, 0.05) is 25.6 Å². The van der Waals surface area contributed by atoms with Crippen LogP contribution in [-0.2, 0) is 21.4 Å². The van der Waals surface area contributed by atoms with Gasteiger partial charge in [0.25, 0.3) is 0 Å². The van der Waals surface area contributed by atoms with Crippen molar-refractivity contribution in [3.63, 3.8) is 0 Å². The van der Waals surface area contributed by atoms with Crippen LogP contribution in [-0.4, -0.2) is 38.5 Å². The van der Waals surface area contributed by atoms with Crippen LogP contribution in [0.5, 0.6) is 5.75 Å². The van der Waals surface area contributed by atoms with Crippen molar-refractivity contribution in [1.29, 1.82) is 0 Å². The van der Waals surface area contributed by atoms with Gasteiger partial charge in [0.05, 0.1) is 13.4 Å². The Kier molecular flexibility index (Phi) is 7.38. The number of methoxy groups -OCH3 is 1. The lowest BCUT2D eigenvalue weighted by molar-refractivity contribution is -0.121. The molecule has 0 aliphatic heterocycles. The lowest BCUT2D eigenvalue weighted by atomic mass is 10.1. The quantitative estimate of drug-likeness (QED) is 0.714. The molecule has 27 heavy (non-hydrogen) atoms. The van der Waals surface area contributed by atoms with E-state index >= 15 is 0 Å². The van der Waals surface area contributed by atoms with E-state index in [0.29, 0.717) is 6.54 Å². The van der Waals surface area contributed by atoms with Gasteiger partial charge in [0.2, 0.25) is 15.9 Å². The molecule has 0 heterocycles. The second-order valence-electron chi connectivity index (χ2n) is 6.34. The molecule has 0 saturated carbocycles. The minimum Gasteiger partial charge on any atom is -0.497 e. The Hall–Kier alpha value is -2.38. The zero-order chi connectivity index (χ0) is 19.9. The fraction of sp³-hybridized carbons (Fsp3) is 0.350. The molecule has 1 amide bonds. The summed E-state index contributed by atoms with van der Waals surface area (Å²) in [6.45, 7) is 2.34. The van der Waals surface area contributed by atoms with Crippen LogP contribution in [0.3, 0.4) is 0 Å². The number of rotatable bonds is 9. The summed E-state index contributed by atoms with van der Waals surface area (Å²) in [4.78, 5) is 12.2. The summed E-state index contributed by atoms with van der Waals surface area (Å²) in [5.74, 6) is 0.559. The molecule has 2 aromatic rings. The number of hydrogen-bond donors (Lipinski definition) is 1. The molecule has 1 atom stereocenters. The molecule has 0 aliphatic carbocycles. The fourth-order valence-electron chi connectivity index (χ4n) is 2.79. The zero-order valence-corrected chi connectivity index (χ0v) is 16.7. The standard InChI is InChI=1S/C20H26N2O4S/c1-16(18-7-5-4-6-8-18)22(27(3,24)25)14-13-20(23)21-15-17-9-11-19(26-2)12-10-17/h4-12,16H,13-15H2,1-3H3,(H,21,23). The Morgan fingerprint density at radius 3 is 2.30 bits per heavy atom. The highest BCUT2D eigenvalue weighted by molar-refractivity contribution is 7.88. The number of hydrogen-bond acceptors (Lipinski definition) is 4. The molecule has 146 valence electrons. The molecule has 0 aliphatic rings. The second-order valence-corrected chi connectivity index (χ2v) is 8.27. The maximum atomic E-state index is 12.2. The number of nitrogens with zero attached hydrogens (tertiary/aromatic N) is 1. The molecule has 2 aromatic carbocycles. The number of nitrogens with one attached hydrogen (secondary N) is 1. The van der Waals surface area contributed by atoms with Crippen molar-refractivity contribution in [1.82, 2.24) is 9.62 Å². The van der Waals surface area contributed by atoms with Crippen molar-refractivity contribution >= 4 is 15.9 Å². The van der Waals surface area contributed by atoms with Crippen molar-refractivity contribution in [2.75, 3.05) is 19.9 Å². The van der Waals surface area contributed by atoms with Gasteiger partial charge < -0.3 is 10.1 Å². The number of carbonyl (C=O) groups excluding carboxylic acids is 1. The molecule has 0 saturated heterocycles. The molecule has 0 fully saturated rings. The first kappa shape index (κ1) is 20.9. The van der Waals surface area contributed by atoms with E-state index in [0.717, 1.165) is 16.9 Å². The SMILES string of the molecule is COc1ccc(CNC(=O)CCN(C(C)c2ccccc2)S(C)(=O)=O)cc1. The molecule has 0 spiro atoms. The van der Waals surface area contributed by atoms with Gasteiger partial charge in [0.1, 0.15) is 5.75 Å². The first-order valence-corrected chi connectivity index (χ1v) is 10.6. The van der Waals surface area contributed by atoms with E-state index in [-0.39, 0.29) is 24.9 Å². The van der Waals surface area contributed by atoms with Crippen molar-refractivity contribution < 1.29 is 17.9 Å². The highest BCUT2D eigenvalue weighted by Crippen LogP contribution is 2.22. The molecule has 0 aromatic heterocycles. The summed E-state index contributed by atoms with van der Waals surface area (Å²) in [7, 11) is -1.85. The van der Waals surface area contributed by atoms with Crippen LogP contribution in [0, 0.1) is 0 Å². The van der Waals surface area contributed by atoms with E-state index in [1.54, 1.807) is 7.11 Å². The monoisotopic (exact) mass is 390 g/mol. The van der Waals surface area contributed by atoms with Crippen molar-refractivity contribution in [2.45, 2.75) is 25.9 Å². The summed E-state index contributed by atoms with van der Waals surface area (Å²) in [6.07, 6.45) is 1.27. The maximum absolute atomic E-state index is 12.2. The third kappa shape index (κ3) is 6.37. The number of ether oxygens (including phenoxy) is 1. The van der Waals surface area contributed by atoms with Gasteiger partial charge in [-0.15, -0.1) is 0 Å². The highest BCUT2D eigenvalue weighted by atomic mass is 32.2. The van der Waals surface area contributed by atoms with Crippen LogP contribution >= 0.6 is 0 Å². The first-order valence-electron chi connectivity index (χ1n) is 8.72. The van der Waals surface area contributed by atoms with Crippen molar-refractivity contribution in [3.05, 3.63) is 65.7 Å². The Balaban J connectivity index is 1.93. The van der Waals surface area contributed by atoms with Gasteiger partial charge in [-0.3, -0.25) is 4.79 Å². The molecule has 6 nitrogen and oxygen atoms in total. The van der Waals surface area contributed by atoms with Gasteiger partial charge in [-0.1, -0.05) is 42.5 Å². The predicted molar refractivity (Wildman–Crippen MR) is 106 cm³/mol. The summed E-state index contributed by atoms with van der Waals surface area (Å²) < 4.78 is 30.8. The van der Waals surface area contributed by atoms with E-state index < -0.39 is 10.0 Å². The molecule has 7 heteroatoms. The van der Waals surface area contributed by atoms with Crippen LogP contribution in [0.25, 0.3) is 0 Å². The second kappa shape index (κ2) is 9.53. The summed E-state index contributed by atoms with van der Waals surface area (Å²) in [5.41, 5.74) is 1.84. The molecule has 2 rings (SSSR count). The van der Waals surface area contributed by atoms with Crippen molar-refractivity contribution in [2.24, 2.45) is 0 Å². The lowest BCUT2D eigenvalue weighted by Crippen LogP contribution is -2.36. The summed E-state index contributed by atoms with van der Waals surface area (Å²) in [5, 5.41) is 2.82. The average molecular weight is 391 g/mol. The summed E-state index contributed by atoms with van der Waals surface area (Å²) >= 11 is 0. The third-order valence-electron chi connectivity index (χ3n) is 4.35. The van der Waals surface area contributed by atoms with Gasteiger partial charge in [0.15, 0.2) is 0 Å². The maximum Gasteiger partial charge on any atom is 0.221 e.